The summed E-state index contributed by atoms with van der Waals surface area (Å²) < 4.78 is 29.8. The Bertz CT molecular complexity index is 734. The first kappa shape index (κ1) is 23.7. The van der Waals surface area contributed by atoms with Gasteiger partial charge in [-0.15, -0.1) is 0 Å². The van der Waals surface area contributed by atoms with Gasteiger partial charge < -0.3 is 30.2 Å². The van der Waals surface area contributed by atoms with Crippen LogP contribution in [0, 0.1) is 5.82 Å². The van der Waals surface area contributed by atoms with E-state index < -0.39 is 11.7 Å². The summed E-state index contributed by atoms with van der Waals surface area (Å²) in [7, 11) is 0. The second kappa shape index (κ2) is 11.6. The third-order valence-corrected chi connectivity index (χ3v) is 4.06. The molecule has 0 saturated carbocycles. The van der Waals surface area contributed by atoms with E-state index in [2.05, 4.69) is 20.9 Å². The van der Waals surface area contributed by atoms with Crippen LogP contribution in [0.4, 0.5) is 9.18 Å². The number of ether oxygens (including phenoxy) is 3. The van der Waals surface area contributed by atoms with E-state index in [1.807, 2.05) is 27.7 Å². The molecule has 2 rings (SSSR count). The lowest BCUT2D eigenvalue weighted by Gasteiger charge is -2.21. The molecule has 0 fully saturated rings. The first-order valence-corrected chi connectivity index (χ1v) is 10.3. The molecule has 1 aliphatic heterocycles. The van der Waals surface area contributed by atoms with E-state index in [4.69, 9.17) is 14.2 Å². The molecule has 0 spiro atoms. The molecule has 0 saturated heterocycles. The van der Waals surface area contributed by atoms with Crippen molar-refractivity contribution in [2.24, 2.45) is 4.99 Å². The third kappa shape index (κ3) is 8.44. The maximum Gasteiger partial charge on any atom is 0.407 e. The van der Waals surface area contributed by atoms with Gasteiger partial charge in [0.15, 0.2) is 12.8 Å². The summed E-state index contributed by atoms with van der Waals surface area (Å²) in [5, 5.41) is 9.13. The van der Waals surface area contributed by atoms with Crippen molar-refractivity contribution in [1.29, 1.82) is 0 Å². The number of benzene rings is 1. The highest BCUT2D eigenvalue weighted by Gasteiger charge is 2.17. The van der Waals surface area contributed by atoms with Crippen LogP contribution in [0.3, 0.4) is 0 Å². The molecule has 30 heavy (non-hydrogen) atoms. The van der Waals surface area contributed by atoms with Crippen molar-refractivity contribution in [3.05, 3.63) is 29.1 Å². The van der Waals surface area contributed by atoms with Crippen LogP contribution in [0.5, 0.6) is 5.75 Å². The topological polar surface area (TPSA) is 93.2 Å². The van der Waals surface area contributed by atoms with Crippen molar-refractivity contribution >= 4 is 12.1 Å². The Morgan fingerprint density at radius 2 is 2.03 bits per heavy atom. The van der Waals surface area contributed by atoms with Gasteiger partial charge in [-0.05, 0) is 58.2 Å². The lowest BCUT2D eigenvalue weighted by Crippen LogP contribution is -2.38. The molecule has 1 aromatic rings. The monoisotopic (exact) mass is 424 g/mol. The number of hydrogen-bond donors (Lipinski definition) is 3. The van der Waals surface area contributed by atoms with Gasteiger partial charge in [-0.2, -0.15) is 0 Å². The van der Waals surface area contributed by atoms with Crippen LogP contribution in [-0.2, 0) is 22.5 Å². The summed E-state index contributed by atoms with van der Waals surface area (Å²) in [5.74, 6) is 1.08. The summed E-state index contributed by atoms with van der Waals surface area (Å²) >= 11 is 0. The van der Waals surface area contributed by atoms with Crippen molar-refractivity contribution in [3.63, 3.8) is 0 Å². The number of carbonyl (C=O) groups is 1. The normalized spacial score (nSPS) is 13.8. The molecule has 0 aliphatic carbocycles. The zero-order valence-corrected chi connectivity index (χ0v) is 18.3. The van der Waals surface area contributed by atoms with E-state index in [0.29, 0.717) is 50.8 Å². The molecule has 0 unspecified atom stereocenters. The van der Waals surface area contributed by atoms with E-state index in [0.717, 1.165) is 17.7 Å². The van der Waals surface area contributed by atoms with Crippen LogP contribution in [0.1, 0.15) is 45.2 Å². The molecular weight excluding hydrogens is 391 g/mol. The Kier molecular flexibility index (Phi) is 9.16. The summed E-state index contributed by atoms with van der Waals surface area (Å²) in [5.41, 5.74) is 1.02. The van der Waals surface area contributed by atoms with E-state index in [1.54, 1.807) is 0 Å². The minimum absolute atomic E-state index is 0.181. The number of aliphatic imine (C=N–C) groups is 1. The number of nitrogens with zero attached hydrogens (tertiary/aromatic N) is 1. The molecule has 8 nitrogen and oxygen atoms in total. The SMILES string of the molecule is CCNC(=NCCCNC(=O)OC(C)(C)C)NCCc1cc(F)cc2c1OCOC2. The summed E-state index contributed by atoms with van der Waals surface area (Å²) in [6.45, 7) is 10.3. The molecule has 0 atom stereocenters. The van der Waals surface area contributed by atoms with Gasteiger partial charge in [-0.3, -0.25) is 4.99 Å². The molecule has 1 heterocycles. The number of nitrogens with one attached hydrogen (secondary N) is 3. The van der Waals surface area contributed by atoms with Crippen LogP contribution < -0.4 is 20.7 Å². The van der Waals surface area contributed by atoms with Gasteiger partial charge in [-0.1, -0.05) is 0 Å². The Hall–Kier alpha value is -2.55. The van der Waals surface area contributed by atoms with Gasteiger partial charge >= 0.3 is 6.09 Å². The second-order valence-electron chi connectivity index (χ2n) is 7.88. The van der Waals surface area contributed by atoms with Crippen molar-refractivity contribution in [2.45, 2.75) is 52.7 Å². The minimum Gasteiger partial charge on any atom is -0.467 e. The number of alkyl carbamates (subject to hydrolysis) is 1. The van der Waals surface area contributed by atoms with Crippen molar-refractivity contribution < 1.29 is 23.4 Å². The molecule has 9 heteroatoms. The molecule has 1 aromatic carbocycles. The highest BCUT2D eigenvalue weighted by molar-refractivity contribution is 5.79. The van der Waals surface area contributed by atoms with Crippen molar-refractivity contribution in [1.82, 2.24) is 16.0 Å². The average molecular weight is 425 g/mol. The van der Waals surface area contributed by atoms with Crippen LogP contribution in [-0.4, -0.2) is 50.6 Å². The standard InChI is InChI=1S/C21H33FN4O4/c1-5-23-19(24-8-6-9-26-20(27)30-21(2,3)4)25-10-7-15-11-17(22)12-16-13-28-14-29-18(15)16/h11-12H,5-10,13-14H2,1-4H3,(H,26,27)(H2,23,24,25). The predicted octanol–water partition coefficient (Wildman–Crippen LogP) is 2.70. The number of rotatable bonds is 8. The maximum atomic E-state index is 13.8. The zero-order chi connectivity index (χ0) is 22.0. The number of guanidine groups is 1. The van der Waals surface area contributed by atoms with Gasteiger partial charge in [-0.25, -0.2) is 9.18 Å². The number of hydrogen-bond acceptors (Lipinski definition) is 5. The minimum atomic E-state index is -0.511. The van der Waals surface area contributed by atoms with Crippen LogP contribution in [0.25, 0.3) is 0 Å². The van der Waals surface area contributed by atoms with Gasteiger partial charge in [0.2, 0.25) is 0 Å². The molecular formula is C21H33FN4O4. The Morgan fingerprint density at radius 3 is 2.77 bits per heavy atom. The van der Waals surface area contributed by atoms with Gasteiger partial charge in [0.1, 0.15) is 17.2 Å². The third-order valence-electron chi connectivity index (χ3n) is 4.06. The van der Waals surface area contributed by atoms with Crippen LogP contribution in [0.15, 0.2) is 17.1 Å². The number of amides is 1. The fourth-order valence-corrected chi connectivity index (χ4v) is 2.87. The second-order valence-corrected chi connectivity index (χ2v) is 7.88. The van der Waals surface area contributed by atoms with Crippen molar-refractivity contribution in [2.75, 3.05) is 33.0 Å². The highest BCUT2D eigenvalue weighted by atomic mass is 19.1. The first-order valence-electron chi connectivity index (χ1n) is 10.3. The fraction of sp³-hybridized carbons (Fsp3) is 0.619. The largest absolute Gasteiger partial charge is 0.467 e. The lowest BCUT2D eigenvalue weighted by atomic mass is 10.1. The Labute approximate surface area is 177 Å². The average Bonchev–Trinajstić information content (AvgIpc) is 2.66. The van der Waals surface area contributed by atoms with Crippen molar-refractivity contribution in [3.8, 4) is 5.75 Å². The smallest absolute Gasteiger partial charge is 0.407 e. The van der Waals surface area contributed by atoms with Crippen LogP contribution in [0.2, 0.25) is 0 Å². The zero-order valence-electron chi connectivity index (χ0n) is 18.3. The predicted molar refractivity (Wildman–Crippen MR) is 113 cm³/mol. The van der Waals surface area contributed by atoms with E-state index in [9.17, 15) is 9.18 Å². The summed E-state index contributed by atoms with van der Waals surface area (Å²) in [6.07, 6.45) is 0.841. The quantitative estimate of drug-likeness (QED) is 0.338. The molecule has 0 radical (unpaired) electrons. The molecule has 1 amide bonds. The summed E-state index contributed by atoms with van der Waals surface area (Å²) in [4.78, 5) is 16.1. The number of fused-ring (bicyclic) bond motifs is 1. The van der Waals surface area contributed by atoms with Gasteiger partial charge in [0.25, 0.3) is 0 Å². The van der Waals surface area contributed by atoms with E-state index in [-0.39, 0.29) is 12.6 Å². The molecule has 168 valence electrons. The van der Waals surface area contributed by atoms with E-state index >= 15 is 0 Å². The highest BCUT2D eigenvalue weighted by Crippen LogP contribution is 2.29. The van der Waals surface area contributed by atoms with Crippen LogP contribution >= 0.6 is 0 Å². The maximum absolute atomic E-state index is 13.8. The Balaban J connectivity index is 1.78. The first-order chi connectivity index (χ1) is 14.3. The molecule has 0 aromatic heterocycles. The molecule has 0 bridgehead atoms. The van der Waals surface area contributed by atoms with E-state index in [1.165, 1.54) is 12.1 Å². The number of carbonyl (C=O) groups excluding carboxylic acids is 1. The lowest BCUT2D eigenvalue weighted by molar-refractivity contribution is -0.0172. The van der Waals surface area contributed by atoms with Gasteiger partial charge in [0.05, 0.1) is 6.61 Å². The van der Waals surface area contributed by atoms with Gasteiger partial charge in [0, 0.05) is 31.7 Å². The fourth-order valence-electron chi connectivity index (χ4n) is 2.87. The molecule has 3 N–H and O–H groups in total. The molecule has 1 aliphatic rings. The summed E-state index contributed by atoms with van der Waals surface area (Å²) in [6, 6.07) is 2.94. The number of halogens is 1. The Morgan fingerprint density at radius 1 is 1.23 bits per heavy atom.